The van der Waals surface area contributed by atoms with E-state index in [4.69, 9.17) is 37.0 Å². The highest BCUT2D eigenvalue weighted by Gasteiger charge is 2.30. The highest BCUT2D eigenvalue weighted by molar-refractivity contribution is 7.47. The number of hydrogen-bond donors (Lipinski definition) is 3. The molecule has 5 atom stereocenters. The van der Waals surface area contributed by atoms with Crippen molar-refractivity contribution in [3.8, 4) is 0 Å². The number of hydrogen-bond acceptors (Lipinski definition) is 15. The fourth-order valence-electron chi connectivity index (χ4n) is 10.5. The zero-order valence-corrected chi connectivity index (χ0v) is 58.6. The Balaban J connectivity index is 5.21. The Labute approximate surface area is 537 Å². The van der Waals surface area contributed by atoms with E-state index in [1.165, 1.54) is 167 Å². The Bertz CT molecular complexity index is 1700. The molecule has 522 valence electrons. The van der Waals surface area contributed by atoms with Crippen LogP contribution in [0.3, 0.4) is 0 Å². The molecular formula is C69H134O17P2. The van der Waals surface area contributed by atoms with Crippen LogP contribution in [0.25, 0.3) is 0 Å². The first-order valence-electron chi connectivity index (χ1n) is 36.1. The van der Waals surface area contributed by atoms with Crippen LogP contribution in [0.2, 0.25) is 0 Å². The quantitative estimate of drug-likeness (QED) is 0.0222. The minimum Gasteiger partial charge on any atom is -0.462 e. The van der Waals surface area contributed by atoms with Gasteiger partial charge in [-0.25, -0.2) is 9.13 Å². The predicted molar refractivity (Wildman–Crippen MR) is 354 cm³/mol. The Hall–Kier alpha value is -1.94. The molecule has 0 amide bonds. The van der Waals surface area contributed by atoms with Gasteiger partial charge in [-0.05, 0) is 31.6 Å². The molecule has 0 aromatic heterocycles. The molecule has 88 heavy (non-hydrogen) atoms. The summed E-state index contributed by atoms with van der Waals surface area (Å²) in [6.07, 6.45) is 48.6. The van der Waals surface area contributed by atoms with Gasteiger partial charge in [0.25, 0.3) is 0 Å². The Morgan fingerprint density at radius 3 is 0.773 bits per heavy atom. The van der Waals surface area contributed by atoms with Gasteiger partial charge in [0.2, 0.25) is 0 Å². The van der Waals surface area contributed by atoms with Gasteiger partial charge in [-0.2, -0.15) is 0 Å². The van der Waals surface area contributed by atoms with Gasteiger partial charge in [0.05, 0.1) is 26.4 Å². The van der Waals surface area contributed by atoms with Gasteiger partial charge < -0.3 is 33.8 Å². The second-order valence-corrected chi connectivity index (χ2v) is 28.3. The number of carbonyl (C=O) groups excluding carboxylic acids is 4. The number of ether oxygens (including phenoxy) is 4. The number of phosphoric acid groups is 2. The van der Waals surface area contributed by atoms with E-state index in [2.05, 4.69) is 34.6 Å². The first-order valence-corrected chi connectivity index (χ1v) is 39.1. The molecule has 0 saturated heterocycles. The first-order chi connectivity index (χ1) is 42.5. The fourth-order valence-corrected chi connectivity index (χ4v) is 12.0. The minimum atomic E-state index is -4.95. The summed E-state index contributed by atoms with van der Waals surface area (Å²) in [5, 5.41) is 10.6. The van der Waals surface area contributed by atoms with Crippen LogP contribution in [0.4, 0.5) is 0 Å². The van der Waals surface area contributed by atoms with E-state index >= 15 is 0 Å². The molecule has 0 saturated carbocycles. The Kier molecular flexibility index (Phi) is 61.1. The van der Waals surface area contributed by atoms with Crippen molar-refractivity contribution in [3.63, 3.8) is 0 Å². The van der Waals surface area contributed by atoms with Crippen LogP contribution in [-0.2, 0) is 65.4 Å². The number of rotatable bonds is 69. The molecule has 0 heterocycles. The van der Waals surface area contributed by atoms with Crippen LogP contribution in [-0.4, -0.2) is 96.7 Å². The standard InChI is InChI=1S/C69H134O17P2/c1-6-9-12-15-18-20-22-24-25-27-29-35-40-45-50-55-69(74)86-65(59-80-67(72)53-48-43-38-33-31-30-32-37-41-46-51-62(4)5)61-84-88(77,78)82-57-63(70)56-81-87(75,76)83-60-64(58-79-66(71)52-47-42-36-17-14-11-8-3)85-68(73)54-49-44-39-34-28-26-23-21-19-16-13-10-7-2/h62-65,70H,6-61H2,1-5H3,(H,75,76)(H,77,78)/t63-,64+,65+/m0/s1. The smallest absolute Gasteiger partial charge is 0.462 e. The van der Waals surface area contributed by atoms with Crippen LogP contribution < -0.4 is 0 Å². The monoisotopic (exact) mass is 1300 g/mol. The maximum absolute atomic E-state index is 13.0. The van der Waals surface area contributed by atoms with Gasteiger partial charge in [0.15, 0.2) is 12.2 Å². The van der Waals surface area contributed by atoms with Crippen LogP contribution in [0.5, 0.6) is 0 Å². The molecule has 17 nitrogen and oxygen atoms in total. The summed E-state index contributed by atoms with van der Waals surface area (Å²) in [7, 11) is -9.89. The number of unbranched alkanes of at least 4 members (excludes halogenated alkanes) is 41. The first kappa shape index (κ1) is 86.1. The van der Waals surface area contributed by atoms with Crippen LogP contribution in [0, 0.1) is 5.92 Å². The van der Waals surface area contributed by atoms with Crippen molar-refractivity contribution in [2.45, 2.75) is 374 Å². The maximum Gasteiger partial charge on any atom is 0.472 e. The van der Waals surface area contributed by atoms with Gasteiger partial charge in [-0.1, -0.05) is 304 Å². The van der Waals surface area contributed by atoms with E-state index in [9.17, 15) is 43.2 Å². The lowest BCUT2D eigenvalue weighted by Crippen LogP contribution is -2.30. The highest BCUT2D eigenvalue weighted by Crippen LogP contribution is 2.45. The molecule has 3 N–H and O–H groups in total. The molecule has 0 spiro atoms. The van der Waals surface area contributed by atoms with Gasteiger partial charge in [0.1, 0.15) is 19.3 Å². The molecule has 0 aromatic rings. The summed E-state index contributed by atoms with van der Waals surface area (Å²) in [4.78, 5) is 72.4. The molecule has 2 unspecified atom stereocenters. The third-order valence-electron chi connectivity index (χ3n) is 16.0. The second kappa shape index (κ2) is 62.5. The average Bonchev–Trinajstić information content (AvgIpc) is 3.63. The van der Waals surface area contributed by atoms with Crippen LogP contribution in [0.1, 0.15) is 356 Å². The van der Waals surface area contributed by atoms with Crippen molar-refractivity contribution in [2.75, 3.05) is 39.6 Å². The minimum absolute atomic E-state index is 0.107. The molecular weight excluding hydrogens is 1160 g/mol. The Morgan fingerprint density at radius 2 is 0.523 bits per heavy atom. The summed E-state index contributed by atoms with van der Waals surface area (Å²) < 4.78 is 68.2. The van der Waals surface area contributed by atoms with Gasteiger partial charge in [0, 0.05) is 25.7 Å². The number of aliphatic hydroxyl groups is 1. The molecule has 0 bridgehead atoms. The summed E-state index contributed by atoms with van der Waals surface area (Å²) in [5.41, 5.74) is 0. The van der Waals surface area contributed by atoms with Crippen molar-refractivity contribution in [1.29, 1.82) is 0 Å². The Morgan fingerprint density at radius 1 is 0.307 bits per heavy atom. The molecule has 19 heteroatoms. The van der Waals surface area contributed by atoms with Crippen molar-refractivity contribution < 1.29 is 80.2 Å². The summed E-state index contributed by atoms with van der Waals surface area (Å²) in [6.45, 7) is 7.20. The summed E-state index contributed by atoms with van der Waals surface area (Å²) >= 11 is 0. The van der Waals surface area contributed by atoms with Gasteiger partial charge in [-0.3, -0.25) is 37.3 Å². The molecule has 0 aliphatic heterocycles. The molecule has 0 fully saturated rings. The van der Waals surface area contributed by atoms with Crippen LogP contribution >= 0.6 is 15.6 Å². The lowest BCUT2D eigenvalue weighted by atomic mass is 10.0. The van der Waals surface area contributed by atoms with Crippen molar-refractivity contribution in [3.05, 3.63) is 0 Å². The highest BCUT2D eigenvalue weighted by atomic mass is 31.2. The molecule has 0 radical (unpaired) electrons. The largest absolute Gasteiger partial charge is 0.472 e. The molecule has 0 aliphatic carbocycles. The van der Waals surface area contributed by atoms with Gasteiger partial charge >= 0.3 is 39.5 Å². The van der Waals surface area contributed by atoms with E-state index in [1.54, 1.807) is 0 Å². The summed E-state index contributed by atoms with van der Waals surface area (Å²) in [6, 6.07) is 0. The molecule has 0 aromatic carbocycles. The summed E-state index contributed by atoms with van der Waals surface area (Å²) in [5.74, 6) is -1.37. The normalized spacial score (nSPS) is 14.1. The number of esters is 4. The molecule has 0 aliphatic rings. The molecule has 0 rings (SSSR count). The third kappa shape index (κ3) is 62.8. The number of carbonyl (C=O) groups is 4. The second-order valence-electron chi connectivity index (χ2n) is 25.4. The van der Waals surface area contributed by atoms with E-state index in [0.29, 0.717) is 25.7 Å². The zero-order chi connectivity index (χ0) is 64.9. The number of aliphatic hydroxyl groups excluding tert-OH is 1. The van der Waals surface area contributed by atoms with Gasteiger partial charge in [-0.15, -0.1) is 0 Å². The predicted octanol–water partition coefficient (Wildman–Crippen LogP) is 19.7. The van der Waals surface area contributed by atoms with Crippen molar-refractivity contribution in [1.82, 2.24) is 0 Å². The van der Waals surface area contributed by atoms with E-state index in [0.717, 1.165) is 109 Å². The van der Waals surface area contributed by atoms with E-state index < -0.39 is 97.5 Å². The third-order valence-corrected chi connectivity index (χ3v) is 17.9. The fraction of sp³-hybridized carbons (Fsp3) is 0.942. The van der Waals surface area contributed by atoms with E-state index in [-0.39, 0.29) is 25.7 Å². The van der Waals surface area contributed by atoms with Crippen molar-refractivity contribution in [2.24, 2.45) is 5.92 Å². The zero-order valence-electron chi connectivity index (χ0n) is 56.9. The van der Waals surface area contributed by atoms with Crippen molar-refractivity contribution >= 4 is 39.5 Å². The lowest BCUT2D eigenvalue weighted by molar-refractivity contribution is -0.161. The SMILES string of the molecule is CCCCCCCCCCCCCCCCCC(=O)O[C@H](COC(=O)CCCCCCCCCCCCC(C)C)COP(=O)(O)OC[C@@H](O)COP(=O)(O)OC[C@@H](COC(=O)CCCCCCCCC)OC(=O)CCCCCCCCCCCCCCC. The maximum atomic E-state index is 13.0. The topological polar surface area (TPSA) is 237 Å². The lowest BCUT2D eigenvalue weighted by Gasteiger charge is -2.21. The average molecular weight is 1300 g/mol. The van der Waals surface area contributed by atoms with E-state index in [1.807, 2.05) is 0 Å². The van der Waals surface area contributed by atoms with Crippen LogP contribution in [0.15, 0.2) is 0 Å². The number of phosphoric ester groups is 2.